The lowest BCUT2D eigenvalue weighted by atomic mass is 10.2. The second-order valence-corrected chi connectivity index (χ2v) is 7.06. The summed E-state index contributed by atoms with van der Waals surface area (Å²) in [4.78, 5) is 50.8. The Morgan fingerprint density at radius 2 is 1.85 bits per heavy atom. The van der Waals surface area contributed by atoms with Gasteiger partial charge in [0.15, 0.2) is 0 Å². The summed E-state index contributed by atoms with van der Waals surface area (Å²) in [7, 11) is 0. The molecule has 0 saturated carbocycles. The van der Waals surface area contributed by atoms with Crippen LogP contribution in [0.2, 0.25) is 0 Å². The monoisotopic (exact) mass is 389 g/mol. The van der Waals surface area contributed by atoms with Crippen LogP contribution in [0.3, 0.4) is 0 Å². The summed E-state index contributed by atoms with van der Waals surface area (Å²) in [5.41, 5.74) is 1.36. The highest BCUT2D eigenvalue weighted by Crippen LogP contribution is 2.32. The lowest BCUT2D eigenvalue weighted by Crippen LogP contribution is -2.46. The number of amides is 4. The number of ether oxygens (including phenoxy) is 1. The number of imide groups is 1. The first-order chi connectivity index (χ1) is 12.9. The molecule has 2 aliphatic heterocycles. The summed E-state index contributed by atoms with van der Waals surface area (Å²) in [6.07, 6.45) is 1.60. The molecule has 0 bridgehead atoms. The first-order valence-electron chi connectivity index (χ1n) is 8.42. The predicted octanol–water partition coefficient (Wildman–Crippen LogP) is 1.54. The van der Waals surface area contributed by atoms with E-state index in [9.17, 15) is 19.2 Å². The Morgan fingerprint density at radius 1 is 1.19 bits per heavy atom. The third-order valence-electron chi connectivity index (χ3n) is 4.06. The van der Waals surface area contributed by atoms with Gasteiger partial charge in [-0.2, -0.15) is 0 Å². The van der Waals surface area contributed by atoms with Gasteiger partial charge < -0.3 is 15.0 Å². The van der Waals surface area contributed by atoms with Crippen molar-refractivity contribution in [1.82, 2.24) is 9.80 Å². The lowest BCUT2D eigenvalue weighted by molar-refractivity contribution is -0.139. The molecule has 27 heavy (non-hydrogen) atoms. The zero-order valence-electron chi connectivity index (χ0n) is 14.8. The van der Waals surface area contributed by atoms with Crippen molar-refractivity contribution in [2.75, 3.05) is 38.2 Å². The predicted molar refractivity (Wildman–Crippen MR) is 101 cm³/mol. The van der Waals surface area contributed by atoms with Gasteiger partial charge in [-0.3, -0.25) is 24.1 Å². The summed E-state index contributed by atoms with van der Waals surface area (Å²) >= 11 is 0.813. The van der Waals surface area contributed by atoms with Crippen LogP contribution in [0, 0.1) is 0 Å². The molecule has 9 heteroatoms. The topological polar surface area (TPSA) is 96.0 Å². The number of carbonyl (C=O) groups excluding carboxylic acids is 4. The quantitative estimate of drug-likeness (QED) is 0.785. The maximum absolute atomic E-state index is 12.5. The second kappa shape index (κ2) is 8.36. The van der Waals surface area contributed by atoms with E-state index in [2.05, 4.69) is 5.32 Å². The molecular weight excluding hydrogens is 370 g/mol. The van der Waals surface area contributed by atoms with E-state index in [1.165, 1.54) is 6.92 Å². The fraction of sp³-hybridized carbons (Fsp3) is 0.333. The maximum atomic E-state index is 12.5. The smallest absolute Gasteiger partial charge is 0.294 e. The van der Waals surface area contributed by atoms with Gasteiger partial charge in [0.05, 0.1) is 18.1 Å². The Morgan fingerprint density at radius 3 is 2.48 bits per heavy atom. The van der Waals surface area contributed by atoms with Gasteiger partial charge in [0.2, 0.25) is 11.8 Å². The van der Waals surface area contributed by atoms with Crippen LogP contribution in [-0.4, -0.2) is 65.6 Å². The highest BCUT2D eigenvalue weighted by molar-refractivity contribution is 8.18. The fourth-order valence-electron chi connectivity index (χ4n) is 2.70. The molecule has 0 spiro atoms. The van der Waals surface area contributed by atoms with Gasteiger partial charge in [0.25, 0.3) is 11.1 Å². The van der Waals surface area contributed by atoms with Crippen molar-refractivity contribution in [2.45, 2.75) is 6.92 Å². The van der Waals surface area contributed by atoms with Crippen LogP contribution in [0.25, 0.3) is 6.08 Å². The minimum absolute atomic E-state index is 0.172. The van der Waals surface area contributed by atoms with Crippen molar-refractivity contribution in [2.24, 2.45) is 0 Å². The van der Waals surface area contributed by atoms with E-state index in [4.69, 9.17) is 4.74 Å². The van der Waals surface area contributed by atoms with Crippen molar-refractivity contribution >= 4 is 46.5 Å². The molecule has 1 N–H and O–H groups in total. The van der Waals surface area contributed by atoms with Gasteiger partial charge in [0.1, 0.15) is 6.54 Å². The van der Waals surface area contributed by atoms with Gasteiger partial charge in [-0.1, -0.05) is 12.1 Å². The standard InChI is InChI=1S/C18H19N3O5S/c1-12(22)19-14-4-2-13(3-5-14)10-15-17(24)21(18(25)27-15)11-16(23)20-6-8-26-9-7-20/h2-5,10H,6-9,11H2,1H3,(H,19,22)/b15-10-. The Balaban J connectivity index is 1.66. The number of thioether (sulfide) groups is 1. The molecule has 3 rings (SSSR count). The van der Waals surface area contributed by atoms with Crippen LogP contribution in [0.1, 0.15) is 12.5 Å². The zero-order valence-corrected chi connectivity index (χ0v) is 15.6. The molecule has 1 aromatic carbocycles. The van der Waals surface area contributed by atoms with E-state index in [0.29, 0.717) is 37.6 Å². The van der Waals surface area contributed by atoms with Crippen molar-refractivity contribution in [3.05, 3.63) is 34.7 Å². The molecular formula is C18H19N3O5S. The minimum Gasteiger partial charge on any atom is -0.378 e. The van der Waals surface area contributed by atoms with Gasteiger partial charge in [-0.05, 0) is 35.5 Å². The number of anilines is 1. The summed E-state index contributed by atoms with van der Waals surface area (Å²) in [5.74, 6) is -0.909. The molecule has 2 saturated heterocycles. The lowest BCUT2D eigenvalue weighted by Gasteiger charge is -2.28. The number of hydrogen-bond acceptors (Lipinski definition) is 6. The number of nitrogens with zero attached hydrogens (tertiary/aromatic N) is 2. The van der Waals surface area contributed by atoms with Gasteiger partial charge in [0, 0.05) is 25.7 Å². The first kappa shape index (κ1) is 19.1. The van der Waals surface area contributed by atoms with E-state index >= 15 is 0 Å². The zero-order chi connectivity index (χ0) is 19.4. The van der Waals surface area contributed by atoms with Crippen molar-refractivity contribution in [1.29, 1.82) is 0 Å². The molecule has 1 aromatic rings. The molecule has 142 valence electrons. The number of hydrogen-bond donors (Lipinski definition) is 1. The Bertz CT molecular complexity index is 800. The van der Waals surface area contributed by atoms with Gasteiger partial charge >= 0.3 is 0 Å². The first-order valence-corrected chi connectivity index (χ1v) is 9.24. The average molecular weight is 389 g/mol. The third-order valence-corrected chi connectivity index (χ3v) is 4.97. The summed E-state index contributed by atoms with van der Waals surface area (Å²) in [5, 5.41) is 2.20. The molecule has 0 aromatic heterocycles. The number of morpholine rings is 1. The average Bonchev–Trinajstić information content (AvgIpc) is 2.91. The molecule has 2 aliphatic rings. The molecule has 4 amide bonds. The molecule has 0 aliphatic carbocycles. The van der Waals surface area contributed by atoms with Crippen molar-refractivity contribution < 1.29 is 23.9 Å². The van der Waals surface area contributed by atoms with Crippen LogP contribution in [0.5, 0.6) is 0 Å². The number of nitrogens with one attached hydrogen (secondary N) is 1. The second-order valence-electron chi connectivity index (χ2n) is 6.06. The van der Waals surface area contributed by atoms with E-state index in [-0.39, 0.29) is 23.3 Å². The van der Waals surface area contributed by atoms with E-state index in [1.807, 2.05) is 0 Å². The van der Waals surface area contributed by atoms with Crippen LogP contribution < -0.4 is 5.32 Å². The summed E-state index contributed by atoms with van der Waals surface area (Å²) in [6.45, 7) is 3.01. The van der Waals surface area contributed by atoms with Crippen LogP contribution in [-0.2, 0) is 19.1 Å². The van der Waals surface area contributed by atoms with Crippen LogP contribution in [0.4, 0.5) is 10.5 Å². The molecule has 0 radical (unpaired) electrons. The fourth-order valence-corrected chi connectivity index (χ4v) is 3.54. The third kappa shape index (κ3) is 4.75. The van der Waals surface area contributed by atoms with E-state index in [1.54, 1.807) is 35.2 Å². The van der Waals surface area contributed by atoms with Crippen LogP contribution >= 0.6 is 11.8 Å². The maximum Gasteiger partial charge on any atom is 0.294 e. The van der Waals surface area contributed by atoms with Gasteiger partial charge in [-0.15, -0.1) is 0 Å². The highest BCUT2D eigenvalue weighted by atomic mass is 32.2. The van der Waals surface area contributed by atoms with Gasteiger partial charge in [-0.25, -0.2) is 0 Å². The number of carbonyl (C=O) groups is 4. The summed E-state index contributed by atoms with van der Waals surface area (Å²) < 4.78 is 5.20. The van der Waals surface area contributed by atoms with Crippen molar-refractivity contribution in [3.8, 4) is 0 Å². The van der Waals surface area contributed by atoms with E-state index < -0.39 is 11.1 Å². The Kier molecular flexibility index (Phi) is 5.92. The molecule has 2 heterocycles. The molecule has 8 nitrogen and oxygen atoms in total. The molecule has 0 unspecified atom stereocenters. The Hall–Kier alpha value is -2.65. The molecule has 2 fully saturated rings. The largest absolute Gasteiger partial charge is 0.378 e. The SMILES string of the molecule is CC(=O)Nc1ccc(/C=C2\SC(=O)N(CC(=O)N3CCOCC3)C2=O)cc1. The normalized spacial score (nSPS) is 18.9. The van der Waals surface area contributed by atoms with E-state index in [0.717, 1.165) is 16.7 Å². The highest BCUT2D eigenvalue weighted by Gasteiger charge is 2.37. The number of rotatable bonds is 4. The summed E-state index contributed by atoms with van der Waals surface area (Å²) in [6, 6.07) is 6.88. The Labute approximate surface area is 160 Å². The number of benzene rings is 1. The minimum atomic E-state index is -0.474. The van der Waals surface area contributed by atoms with Crippen molar-refractivity contribution in [3.63, 3.8) is 0 Å². The molecule has 0 atom stereocenters. The van der Waals surface area contributed by atoms with Crippen LogP contribution in [0.15, 0.2) is 29.2 Å².